The Hall–Kier alpha value is -1.81. The lowest BCUT2D eigenvalue weighted by Gasteiger charge is -2.17. The first kappa shape index (κ1) is 17.0. The van der Waals surface area contributed by atoms with Gasteiger partial charge in [0.05, 0.1) is 5.69 Å². The molecule has 0 saturated carbocycles. The first-order valence-electron chi connectivity index (χ1n) is 8.52. The summed E-state index contributed by atoms with van der Waals surface area (Å²) in [6.07, 6.45) is 1.84. The predicted octanol–water partition coefficient (Wildman–Crippen LogP) is 3.90. The van der Waals surface area contributed by atoms with Crippen molar-refractivity contribution in [3.63, 3.8) is 0 Å². The molecule has 1 saturated heterocycles. The molecule has 0 aliphatic carbocycles. The molecule has 2 heterocycles. The topological polar surface area (TPSA) is 38.1 Å². The van der Waals surface area contributed by atoms with E-state index in [1.165, 1.54) is 0 Å². The molecule has 5 heteroatoms. The Morgan fingerprint density at radius 3 is 2.83 bits per heavy atom. The van der Waals surface area contributed by atoms with Crippen LogP contribution in [0.3, 0.4) is 0 Å². The highest BCUT2D eigenvalue weighted by atomic mass is 35.5. The molecule has 0 unspecified atom stereocenters. The van der Waals surface area contributed by atoms with Crippen molar-refractivity contribution in [3.8, 4) is 0 Å². The van der Waals surface area contributed by atoms with Crippen LogP contribution in [-0.2, 0) is 13.5 Å². The average Bonchev–Trinajstić information content (AvgIpc) is 3.13. The first-order valence-corrected chi connectivity index (χ1v) is 8.90. The number of likely N-dealkylation sites (tertiary alicyclic amines) is 1. The molecule has 1 fully saturated rings. The maximum atomic E-state index is 12.9. The molecule has 3 rings (SSSR count). The summed E-state index contributed by atoms with van der Waals surface area (Å²) in [4.78, 5) is 14.8. The standard InChI is InChI=1S/C19H24ClN3O/c1-13(2)10-15-11-18(22(3)21-15)19(24)23-9-8-14(12-23)16-6-4-5-7-17(16)20/h4-7,11,13-14H,8-10,12H2,1-3H3/t14-/m0/s1. The molecule has 0 spiro atoms. The van der Waals surface area contributed by atoms with Crippen molar-refractivity contribution in [2.24, 2.45) is 13.0 Å². The molecule has 1 atom stereocenters. The second-order valence-electron chi connectivity index (χ2n) is 7.00. The SMILES string of the molecule is CC(C)Cc1cc(C(=O)N2CC[C@H](c3ccccc3Cl)C2)n(C)n1. The molecule has 1 amide bonds. The zero-order valence-electron chi connectivity index (χ0n) is 14.5. The van der Waals surface area contributed by atoms with Crippen molar-refractivity contribution >= 4 is 17.5 Å². The monoisotopic (exact) mass is 345 g/mol. The Bertz CT molecular complexity index is 738. The minimum absolute atomic E-state index is 0.0644. The largest absolute Gasteiger partial charge is 0.337 e. The lowest BCUT2D eigenvalue weighted by molar-refractivity contribution is 0.0780. The van der Waals surface area contributed by atoms with Crippen molar-refractivity contribution in [3.05, 3.63) is 52.3 Å². The van der Waals surface area contributed by atoms with Gasteiger partial charge >= 0.3 is 0 Å². The van der Waals surface area contributed by atoms with Crippen LogP contribution >= 0.6 is 11.6 Å². The molecule has 0 N–H and O–H groups in total. The maximum absolute atomic E-state index is 12.9. The lowest BCUT2D eigenvalue weighted by Crippen LogP contribution is -2.30. The fourth-order valence-corrected chi connectivity index (χ4v) is 3.70. The van der Waals surface area contributed by atoms with Gasteiger partial charge < -0.3 is 4.90 Å². The third kappa shape index (κ3) is 3.48. The number of aromatic nitrogens is 2. The van der Waals surface area contributed by atoms with Crippen LogP contribution in [-0.4, -0.2) is 33.7 Å². The van der Waals surface area contributed by atoms with Gasteiger partial charge in [-0.2, -0.15) is 5.10 Å². The number of carbonyl (C=O) groups is 1. The summed E-state index contributed by atoms with van der Waals surface area (Å²) < 4.78 is 1.71. The molecule has 1 aliphatic rings. The van der Waals surface area contributed by atoms with E-state index in [2.05, 4.69) is 25.0 Å². The van der Waals surface area contributed by atoms with Gasteiger partial charge in [-0.15, -0.1) is 0 Å². The molecule has 24 heavy (non-hydrogen) atoms. The molecule has 0 radical (unpaired) electrons. The van der Waals surface area contributed by atoms with Crippen LogP contribution in [0.1, 0.15) is 47.9 Å². The van der Waals surface area contributed by atoms with Crippen LogP contribution in [0.15, 0.2) is 30.3 Å². The van der Waals surface area contributed by atoms with Crippen molar-refractivity contribution < 1.29 is 4.79 Å². The number of aryl methyl sites for hydroxylation is 1. The molecular formula is C19H24ClN3O. The van der Waals surface area contributed by atoms with E-state index in [0.717, 1.165) is 35.7 Å². The Kier molecular flexibility index (Phi) is 4.95. The fourth-order valence-electron chi connectivity index (χ4n) is 3.41. The summed E-state index contributed by atoms with van der Waals surface area (Å²) in [6.45, 7) is 5.79. The zero-order valence-corrected chi connectivity index (χ0v) is 15.3. The van der Waals surface area contributed by atoms with Gasteiger partial charge in [0.2, 0.25) is 0 Å². The predicted molar refractivity (Wildman–Crippen MR) is 96.5 cm³/mol. The summed E-state index contributed by atoms with van der Waals surface area (Å²) in [5, 5.41) is 5.27. The van der Waals surface area contributed by atoms with Crippen LogP contribution in [0.2, 0.25) is 5.02 Å². The van der Waals surface area contributed by atoms with Gasteiger partial charge in [0.1, 0.15) is 5.69 Å². The zero-order chi connectivity index (χ0) is 17.3. The van der Waals surface area contributed by atoms with E-state index in [0.29, 0.717) is 24.1 Å². The van der Waals surface area contributed by atoms with Gasteiger partial charge in [-0.1, -0.05) is 43.6 Å². The van der Waals surface area contributed by atoms with Crippen LogP contribution in [0.25, 0.3) is 0 Å². The molecule has 0 bridgehead atoms. The third-order valence-corrected chi connectivity index (χ3v) is 4.93. The Morgan fingerprint density at radius 1 is 1.38 bits per heavy atom. The molecule has 1 aromatic carbocycles. The number of hydrogen-bond donors (Lipinski definition) is 0. The van der Waals surface area contributed by atoms with E-state index in [9.17, 15) is 4.79 Å². The number of hydrogen-bond acceptors (Lipinski definition) is 2. The highest BCUT2D eigenvalue weighted by Crippen LogP contribution is 2.32. The molecule has 128 valence electrons. The Balaban J connectivity index is 1.73. The number of rotatable bonds is 4. The molecule has 2 aromatic rings. The molecule has 1 aliphatic heterocycles. The van der Waals surface area contributed by atoms with Crippen LogP contribution in [0, 0.1) is 5.92 Å². The van der Waals surface area contributed by atoms with E-state index in [-0.39, 0.29) is 5.91 Å². The number of amides is 1. The van der Waals surface area contributed by atoms with E-state index < -0.39 is 0 Å². The summed E-state index contributed by atoms with van der Waals surface area (Å²) in [5.74, 6) is 0.903. The normalized spacial score (nSPS) is 17.7. The first-order chi connectivity index (χ1) is 11.5. The third-order valence-electron chi connectivity index (χ3n) is 4.59. The van der Waals surface area contributed by atoms with Crippen molar-refractivity contribution in [1.82, 2.24) is 14.7 Å². The number of nitrogens with zero attached hydrogens (tertiary/aromatic N) is 3. The van der Waals surface area contributed by atoms with Crippen molar-refractivity contribution in [1.29, 1.82) is 0 Å². The minimum atomic E-state index is 0.0644. The number of halogens is 1. The van der Waals surface area contributed by atoms with E-state index >= 15 is 0 Å². The Labute approximate surface area is 148 Å². The van der Waals surface area contributed by atoms with E-state index in [1.54, 1.807) is 4.68 Å². The number of carbonyl (C=O) groups excluding carboxylic acids is 1. The van der Waals surface area contributed by atoms with E-state index in [1.807, 2.05) is 36.2 Å². The van der Waals surface area contributed by atoms with E-state index in [4.69, 9.17) is 11.6 Å². The highest BCUT2D eigenvalue weighted by molar-refractivity contribution is 6.31. The van der Waals surface area contributed by atoms with Gasteiger partial charge in [0.25, 0.3) is 5.91 Å². The van der Waals surface area contributed by atoms with Gasteiger partial charge in [-0.05, 0) is 36.5 Å². The summed E-state index contributed by atoms with van der Waals surface area (Å²) in [5.41, 5.74) is 2.79. The van der Waals surface area contributed by atoms with Crippen LogP contribution in [0.5, 0.6) is 0 Å². The second-order valence-corrected chi connectivity index (χ2v) is 7.41. The highest BCUT2D eigenvalue weighted by Gasteiger charge is 2.30. The quantitative estimate of drug-likeness (QED) is 0.842. The average molecular weight is 346 g/mol. The van der Waals surface area contributed by atoms with Crippen molar-refractivity contribution in [2.45, 2.75) is 32.6 Å². The Morgan fingerprint density at radius 2 is 2.12 bits per heavy atom. The summed E-state index contributed by atoms with van der Waals surface area (Å²) in [7, 11) is 1.85. The smallest absolute Gasteiger partial charge is 0.272 e. The van der Waals surface area contributed by atoms with Crippen LogP contribution < -0.4 is 0 Å². The molecule has 1 aromatic heterocycles. The lowest BCUT2D eigenvalue weighted by atomic mass is 9.98. The molecular weight excluding hydrogens is 322 g/mol. The summed E-state index contributed by atoms with van der Waals surface area (Å²) in [6, 6.07) is 9.86. The molecule has 4 nitrogen and oxygen atoms in total. The number of benzene rings is 1. The second kappa shape index (κ2) is 6.98. The van der Waals surface area contributed by atoms with Gasteiger partial charge in [0.15, 0.2) is 0 Å². The maximum Gasteiger partial charge on any atom is 0.272 e. The van der Waals surface area contributed by atoms with Gasteiger partial charge in [0, 0.05) is 31.1 Å². The van der Waals surface area contributed by atoms with Gasteiger partial charge in [-0.3, -0.25) is 9.48 Å². The van der Waals surface area contributed by atoms with Gasteiger partial charge in [-0.25, -0.2) is 0 Å². The van der Waals surface area contributed by atoms with Crippen molar-refractivity contribution in [2.75, 3.05) is 13.1 Å². The van der Waals surface area contributed by atoms with Crippen LogP contribution in [0.4, 0.5) is 0 Å². The minimum Gasteiger partial charge on any atom is -0.337 e. The summed E-state index contributed by atoms with van der Waals surface area (Å²) >= 11 is 6.31. The fraction of sp³-hybridized carbons (Fsp3) is 0.474.